The molecule has 0 aliphatic carbocycles. The van der Waals surface area contributed by atoms with Gasteiger partial charge in [0.15, 0.2) is 0 Å². The SMILES string of the molecule is CCCn1ncc(NC(CN)CC(C)C)c(Cl)c1=O. The number of nitrogens with one attached hydrogen (secondary N) is 1. The third-order valence-corrected chi connectivity index (χ3v) is 3.19. The van der Waals surface area contributed by atoms with Crippen LogP contribution in [0.25, 0.3) is 0 Å². The highest BCUT2D eigenvalue weighted by Crippen LogP contribution is 2.18. The van der Waals surface area contributed by atoms with Crippen LogP contribution in [0.2, 0.25) is 5.02 Å². The van der Waals surface area contributed by atoms with Crippen LogP contribution in [0.3, 0.4) is 0 Å². The van der Waals surface area contributed by atoms with Gasteiger partial charge in [0, 0.05) is 19.1 Å². The van der Waals surface area contributed by atoms with E-state index in [1.54, 1.807) is 6.20 Å². The van der Waals surface area contributed by atoms with Crippen LogP contribution < -0.4 is 16.6 Å². The van der Waals surface area contributed by atoms with E-state index in [0.717, 1.165) is 12.8 Å². The van der Waals surface area contributed by atoms with E-state index < -0.39 is 0 Å². The van der Waals surface area contributed by atoms with Crippen molar-refractivity contribution in [2.24, 2.45) is 11.7 Å². The quantitative estimate of drug-likeness (QED) is 0.805. The van der Waals surface area contributed by atoms with Gasteiger partial charge in [0.25, 0.3) is 5.56 Å². The number of nitrogens with two attached hydrogens (primary N) is 1. The number of halogens is 1. The van der Waals surface area contributed by atoms with Gasteiger partial charge in [-0.05, 0) is 18.8 Å². The maximum absolute atomic E-state index is 12.0. The van der Waals surface area contributed by atoms with Crippen LogP contribution in [0.4, 0.5) is 5.69 Å². The maximum Gasteiger partial charge on any atom is 0.287 e. The monoisotopic (exact) mass is 286 g/mol. The zero-order chi connectivity index (χ0) is 14.4. The summed E-state index contributed by atoms with van der Waals surface area (Å²) in [7, 11) is 0. The second-order valence-electron chi connectivity index (χ2n) is 5.11. The van der Waals surface area contributed by atoms with Crippen molar-refractivity contribution < 1.29 is 0 Å². The van der Waals surface area contributed by atoms with Crippen LogP contribution in [0.15, 0.2) is 11.0 Å². The Balaban J connectivity index is 2.90. The molecule has 5 nitrogen and oxygen atoms in total. The summed E-state index contributed by atoms with van der Waals surface area (Å²) < 4.78 is 1.38. The highest BCUT2D eigenvalue weighted by molar-refractivity contribution is 6.32. The van der Waals surface area contributed by atoms with Gasteiger partial charge in [-0.3, -0.25) is 4.79 Å². The summed E-state index contributed by atoms with van der Waals surface area (Å²) in [5.74, 6) is 0.522. The van der Waals surface area contributed by atoms with Gasteiger partial charge in [0.2, 0.25) is 0 Å². The lowest BCUT2D eigenvalue weighted by Gasteiger charge is -2.20. The first-order valence-electron chi connectivity index (χ1n) is 6.71. The molecule has 108 valence electrons. The molecular formula is C13H23ClN4O. The predicted octanol–water partition coefficient (Wildman–Crippen LogP) is 2.09. The van der Waals surface area contributed by atoms with Gasteiger partial charge in [-0.25, -0.2) is 4.68 Å². The molecule has 0 radical (unpaired) electrons. The average Bonchev–Trinajstić information content (AvgIpc) is 2.37. The smallest absolute Gasteiger partial charge is 0.287 e. The van der Waals surface area contributed by atoms with Crippen molar-refractivity contribution in [3.05, 3.63) is 21.6 Å². The van der Waals surface area contributed by atoms with Crippen molar-refractivity contribution in [1.82, 2.24) is 9.78 Å². The molecule has 19 heavy (non-hydrogen) atoms. The van der Waals surface area contributed by atoms with Crippen LogP contribution in [0, 0.1) is 5.92 Å². The topological polar surface area (TPSA) is 72.9 Å². The van der Waals surface area contributed by atoms with Crippen LogP contribution in [-0.4, -0.2) is 22.4 Å². The Labute approximate surface area is 119 Å². The van der Waals surface area contributed by atoms with Gasteiger partial charge in [0.1, 0.15) is 5.02 Å². The summed E-state index contributed by atoms with van der Waals surface area (Å²) in [5.41, 5.74) is 6.03. The number of hydrogen-bond acceptors (Lipinski definition) is 4. The lowest BCUT2D eigenvalue weighted by Crippen LogP contribution is -2.32. The van der Waals surface area contributed by atoms with Gasteiger partial charge in [0.05, 0.1) is 11.9 Å². The molecule has 1 heterocycles. The molecule has 1 rings (SSSR count). The molecule has 0 spiro atoms. The van der Waals surface area contributed by atoms with Crippen molar-refractivity contribution in [2.45, 2.75) is 46.2 Å². The number of hydrogen-bond donors (Lipinski definition) is 2. The number of rotatable bonds is 7. The Morgan fingerprint density at radius 2 is 2.21 bits per heavy atom. The largest absolute Gasteiger partial charge is 0.378 e. The summed E-state index contributed by atoms with van der Waals surface area (Å²) in [4.78, 5) is 12.0. The van der Waals surface area contributed by atoms with E-state index in [4.69, 9.17) is 17.3 Å². The lowest BCUT2D eigenvalue weighted by atomic mass is 10.0. The molecule has 0 aliphatic heterocycles. The Bertz CT molecular complexity index is 458. The van der Waals surface area contributed by atoms with E-state index in [0.29, 0.717) is 24.7 Å². The van der Waals surface area contributed by atoms with Crippen molar-refractivity contribution in [3.63, 3.8) is 0 Å². The predicted molar refractivity (Wildman–Crippen MR) is 79.7 cm³/mol. The third-order valence-electron chi connectivity index (χ3n) is 2.82. The van der Waals surface area contributed by atoms with E-state index in [-0.39, 0.29) is 16.6 Å². The molecular weight excluding hydrogens is 264 g/mol. The summed E-state index contributed by atoms with van der Waals surface area (Å²) >= 11 is 6.10. The van der Waals surface area contributed by atoms with E-state index in [1.807, 2.05) is 6.92 Å². The molecule has 1 aromatic rings. The summed E-state index contributed by atoms with van der Waals surface area (Å²) in [6, 6.07) is 0.0979. The molecule has 0 aromatic carbocycles. The van der Waals surface area contributed by atoms with Gasteiger partial charge in [-0.2, -0.15) is 5.10 Å². The standard InChI is InChI=1S/C13H23ClN4O/c1-4-5-18-13(19)12(14)11(8-16-18)17-10(7-15)6-9(2)3/h8-10,17H,4-7,15H2,1-3H3. The number of anilines is 1. The van der Waals surface area contributed by atoms with E-state index in [9.17, 15) is 4.79 Å². The molecule has 0 bridgehead atoms. The molecule has 1 unspecified atom stereocenters. The number of nitrogens with zero attached hydrogens (tertiary/aromatic N) is 2. The van der Waals surface area contributed by atoms with Crippen LogP contribution in [0.5, 0.6) is 0 Å². The van der Waals surface area contributed by atoms with Crippen molar-refractivity contribution in [1.29, 1.82) is 0 Å². The third kappa shape index (κ3) is 4.51. The normalized spacial score (nSPS) is 12.7. The molecule has 0 aliphatic rings. The molecule has 3 N–H and O–H groups in total. The average molecular weight is 287 g/mol. The Hall–Kier alpha value is -1.07. The van der Waals surface area contributed by atoms with Crippen molar-refractivity contribution in [3.8, 4) is 0 Å². The maximum atomic E-state index is 12.0. The fraction of sp³-hybridized carbons (Fsp3) is 0.692. The van der Waals surface area contributed by atoms with Crippen molar-refractivity contribution >= 4 is 17.3 Å². The van der Waals surface area contributed by atoms with E-state index >= 15 is 0 Å². The zero-order valence-electron chi connectivity index (χ0n) is 11.8. The highest BCUT2D eigenvalue weighted by atomic mass is 35.5. The molecule has 1 aromatic heterocycles. The fourth-order valence-electron chi connectivity index (χ4n) is 1.94. The van der Waals surface area contributed by atoms with Crippen molar-refractivity contribution in [2.75, 3.05) is 11.9 Å². The van der Waals surface area contributed by atoms with E-state index in [2.05, 4.69) is 24.3 Å². The summed E-state index contributed by atoms with van der Waals surface area (Å²) in [6.45, 7) is 7.31. The number of aryl methyl sites for hydroxylation is 1. The van der Waals surface area contributed by atoms with Crippen LogP contribution >= 0.6 is 11.6 Å². The fourth-order valence-corrected chi connectivity index (χ4v) is 2.14. The Kier molecular flexibility index (Phi) is 6.31. The molecule has 0 saturated carbocycles. The second-order valence-corrected chi connectivity index (χ2v) is 5.48. The zero-order valence-corrected chi connectivity index (χ0v) is 12.6. The molecule has 6 heteroatoms. The minimum absolute atomic E-state index is 0.0979. The lowest BCUT2D eigenvalue weighted by molar-refractivity contribution is 0.520. The van der Waals surface area contributed by atoms with Crippen LogP contribution in [-0.2, 0) is 6.54 Å². The molecule has 0 fully saturated rings. The summed E-state index contributed by atoms with van der Waals surface area (Å²) in [5, 5.41) is 7.50. The highest BCUT2D eigenvalue weighted by Gasteiger charge is 2.14. The molecule has 1 atom stereocenters. The molecule has 0 amide bonds. The Morgan fingerprint density at radius 1 is 1.53 bits per heavy atom. The van der Waals surface area contributed by atoms with Crippen LogP contribution in [0.1, 0.15) is 33.6 Å². The Morgan fingerprint density at radius 3 is 2.74 bits per heavy atom. The minimum atomic E-state index is -0.256. The summed E-state index contributed by atoms with van der Waals surface area (Å²) in [6.07, 6.45) is 3.36. The first-order valence-corrected chi connectivity index (χ1v) is 7.09. The molecule has 0 saturated heterocycles. The number of aromatic nitrogens is 2. The minimum Gasteiger partial charge on any atom is -0.378 e. The second kappa shape index (κ2) is 7.50. The first kappa shape index (κ1) is 16.0. The van der Waals surface area contributed by atoms with Gasteiger partial charge < -0.3 is 11.1 Å². The first-order chi connectivity index (χ1) is 8.99. The van der Waals surface area contributed by atoms with Gasteiger partial charge in [-0.1, -0.05) is 32.4 Å². The van der Waals surface area contributed by atoms with E-state index in [1.165, 1.54) is 4.68 Å². The van der Waals surface area contributed by atoms with Gasteiger partial charge in [-0.15, -0.1) is 0 Å². The van der Waals surface area contributed by atoms with Gasteiger partial charge >= 0.3 is 0 Å².